The molecule has 0 radical (unpaired) electrons. The topological polar surface area (TPSA) is 83.0 Å². The van der Waals surface area contributed by atoms with Gasteiger partial charge in [0.1, 0.15) is 12.3 Å². The quantitative estimate of drug-likeness (QED) is 0.686. The Bertz CT molecular complexity index is 582. The number of hydrogen-bond donors (Lipinski definition) is 1. The molecule has 0 saturated carbocycles. The standard InChI is InChI=1S/C11H11BrN4O2/c1-16-5-8(14-15-16)6-18-11(17)7-2-3-9(12)10(13)4-7/h2-5H,6,13H2,1H3. The molecule has 0 spiro atoms. The smallest absolute Gasteiger partial charge is 0.338 e. The predicted molar refractivity (Wildman–Crippen MR) is 68.7 cm³/mol. The van der Waals surface area contributed by atoms with E-state index in [0.717, 1.165) is 4.47 Å². The van der Waals surface area contributed by atoms with Gasteiger partial charge in [-0.3, -0.25) is 4.68 Å². The fourth-order valence-electron chi connectivity index (χ4n) is 1.35. The molecule has 0 bridgehead atoms. The van der Waals surface area contributed by atoms with E-state index in [9.17, 15) is 4.79 Å². The molecular formula is C11H11BrN4O2. The van der Waals surface area contributed by atoms with Crippen LogP contribution in [0.5, 0.6) is 0 Å². The molecule has 0 aliphatic heterocycles. The van der Waals surface area contributed by atoms with Crippen molar-refractivity contribution in [1.29, 1.82) is 0 Å². The van der Waals surface area contributed by atoms with Crippen molar-refractivity contribution in [3.8, 4) is 0 Å². The molecule has 0 aliphatic rings. The van der Waals surface area contributed by atoms with Gasteiger partial charge in [0.15, 0.2) is 0 Å². The van der Waals surface area contributed by atoms with E-state index < -0.39 is 5.97 Å². The average molecular weight is 311 g/mol. The van der Waals surface area contributed by atoms with Gasteiger partial charge in [-0.25, -0.2) is 4.79 Å². The van der Waals surface area contributed by atoms with Gasteiger partial charge in [0.2, 0.25) is 0 Å². The number of benzene rings is 1. The Labute approximate surface area is 112 Å². The first-order valence-electron chi connectivity index (χ1n) is 5.13. The van der Waals surface area contributed by atoms with Crippen molar-refractivity contribution in [1.82, 2.24) is 15.0 Å². The van der Waals surface area contributed by atoms with E-state index in [1.807, 2.05) is 0 Å². The summed E-state index contributed by atoms with van der Waals surface area (Å²) in [6.07, 6.45) is 1.68. The van der Waals surface area contributed by atoms with Crippen molar-refractivity contribution in [3.63, 3.8) is 0 Å². The van der Waals surface area contributed by atoms with E-state index in [0.29, 0.717) is 16.9 Å². The summed E-state index contributed by atoms with van der Waals surface area (Å²) in [6, 6.07) is 4.90. The molecule has 1 heterocycles. The number of carbonyl (C=O) groups is 1. The van der Waals surface area contributed by atoms with E-state index in [1.54, 1.807) is 36.1 Å². The van der Waals surface area contributed by atoms with Crippen molar-refractivity contribution in [2.75, 3.05) is 5.73 Å². The van der Waals surface area contributed by atoms with Crippen LogP contribution in [0.4, 0.5) is 5.69 Å². The number of anilines is 1. The normalized spacial score (nSPS) is 10.3. The molecule has 0 fully saturated rings. The molecule has 0 aliphatic carbocycles. The van der Waals surface area contributed by atoms with Crippen LogP contribution in [0.2, 0.25) is 0 Å². The summed E-state index contributed by atoms with van der Waals surface area (Å²) >= 11 is 3.26. The summed E-state index contributed by atoms with van der Waals surface area (Å²) in [7, 11) is 1.74. The van der Waals surface area contributed by atoms with E-state index in [2.05, 4.69) is 26.2 Å². The molecule has 6 nitrogen and oxygen atoms in total. The van der Waals surface area contributed by atoms with Crippen LogP contribution in [0.15, 0.2) is 28.9 Å². The van der Waals surface area contributed by atoms with Crippen LogP contribution in [0.3, 0.4) is 0 Å². The van der Waals surface area contributed by atoms with Gasteiger partial charge < -0.3 is 10.5 Å². The number of rotatable bonds is 3. The number of nitrogens with two attached hydrogens (primary N) is 1. The minimum atomic E-state index is -0.445. The number of carbonyl (C=O) groups excluding carboxylic acids is 1. The Morgan fingerprint density at radius 2 is 2.33 bits per heavy atom. The minimum absolute atomic E-state index is 0.0860. The average Bonchev–Trinajstić information content (AvgIpc) is 2.75. The predicted octanol–water partition coefficient (Wildman–Crippen LogP) is 1.52. The molecule has 1 aromatic carbocycles. The maximum atomic E-state index is 11.7. The van der Waals surface area contributed by atoms with Crippen LogP contribution in [-0.4, -0.2) is 21.0 Å². The highest BCUT2D eigenvalue weighted by molar-refractivity contribution is 9.10. The highest BCUT2D eigenvalue weighted by Gasteiger charge is 2.10. The highest BCUT2D eigenvalue weighted by Crippen LogP contribution is 2.20. The second-order valence-corrected chi connectivity index (χ2v) is 4.55. The Kier molecular flexibility index (Phi) is 3.61. The number of nitrogens with zero attached hydrogens (tertiary/aromatic N) is 3. The summed E-state index contributed by atoms with van der Waals surface area (Å²) in [5.74, 6) is -0.445. The number of esters is 1. The molecule has 0 unspecified atom stereocenters. The van der Waals surface area contributed by atoms with Gasteiger partial charge in [-0.15, -0.1) is 5.10 Å². The number of nitrogen functional groups attached to an aromatic ring is 1. The SMILES string of the molecule is Cn1cc(COC(=O)c2ccc(Br)c(N)c2)nn1. The molecule has 2 N–H and O–H groups in total. The number of ether oxygens (including phenoxy) is 1. The highest BCUT2D eigenvalue weighted by atomic mass is 79.9. The fraction of sp³-hybridized carbons (Fsp3) is 0.182. The Morgan fingerprint density at radius 3 is 2.94 bits per heavy atom. The fourth-order valence-corrected chi connectivity index (χ4v) is 1.60. The molecule has 0 saturated heterocycles. The van der Waals surface area contributed by atoms with Crippen LogP contribution >= 0.6 is 15.9 Å². The Hall–Kier alpha value is -1.89. The Balaban J connectivity index is 2.01. The van der Waals surface area contributed by atoms with Gasteiger partial charge in [0.25, 0.3) is 0 Å². The van der Waals surface area contributed by atoms with E-state index >= 15 is 0 Å². The number of aryl methyl sites for hydroxylation is 1. The maximum absolute atomic E-state index is 11.7. The van der Waals surface area contributed by atoms with E-state index in [4.69, 9.17) is 10.5 Å². The third kappa shape index (κ3) is 2.86. The lowest BCUT2D eigenvalue weighted by atomic mass is 10.2. The largest absolute Gasteiger partial charge is 0.455 e. The first kappa shape index (κ1) is 12.6. The Morgan fingerprint density at radius 1 is 1.56 bits per heavy atom. The molecule has 7 heteroatoms. The molecule has 18 heavy (non-hydrogen) atoms. The van der Waals surface area contributed by atoms with Crippen LogP contribution in [0.25, 0.3) is 0 Å². The molecule has 0 amide bonds. The van der Waals surface area contributed by atoms with Gasteiger partial charge in [-0.05, 0) is 34.1 Å². The maximum Gasteiger partial charge on any atom is 0.338 e. The third-order valence-corrected chi connectivity index (χ3v) is 2.96. The van der Waals surface area contributed by atoms with Crippen LogP contribution in [0, 0.1) is 0 Å². The number of halogens is 1. The van der Waals surface area contributed by atoms with Crippen molar-refractivity contribution < 1.29 is 9.53 Å². The second-order valence-electron chi connectivity index (χ2n) is 3.70. The first-order valence-corrected chi connectivity index (χ1v) is 5.93. The molecule has 0 atom stereocenters. The molecule has 94 valence electrons. The minimum Gasteiger partial charge on any atom is -0.455 e. The molecular weight excluding hydrogens is 300 g/mol. The summed E-state index contributed by atoms with van der Waals surface area (Å²) in [5, 5.41) is 7.56. The van der Waals surface area contributed by atoms with Crippen molar-refractivity contribution in [2.45, 2.75) is 6.61 Å². The lowest BCUT2D eigenvalue weighted by Gasteiger charge is -2.04. The van der Waals surface area contributed by atoms with Crippen molar-refractivity contribution >= 4 is 27.6 Å². The van der Waals surface area contributed by atoms with Gasteiger partial charge in [-0.2, -0.15) is 0 Å². The third-order valence-electron chi connectivity index (χ3n) is 2.23. The number of hydrogen-bond acceptors (Lipinski definition) is 5. The lowest BCUT2D eigenvalue weighted by Crippen LogP contribution is -2.06. The second kappa shape index (κ2) is 5.18. The molecule has 2 aromatic rings. The summed E-state index contributed by atoms with van der Waals surface area (Å²) < 4.78 is 7.38. The molecule has 2 rings (SSSR count). The van der Waals surface area contributed by atoms with Crippen molar-refractivity contribution in [2.24, 2.45) is 7.05 Å². The van der Waals surface area contributed by atoms with Gasteiger partial charge in [0, 0.05) is 17.2 Å². The van der Waals surface area contributed by atoms with E-state index in [-0.39, 0.29) is 6.61 Å². The zero-order valence-electron chi connectivity index (χ0n) is 9.63. The molecule has 1 aromatic heterocycles. The lowest BCUT2D eigenvalue weighted by molar-refractivity contribution is 0.0467. The zero-order valence-corrected chi connectivity index (χ0v) is 11.2. The zero-order chi connectivity index (χ0) is 13.1. The van der Waals surface area contributed by atoms with Gasteiger partial charge in [0.05, 0.1) is 11.8 Å². The van der Waals surface area contributed by atoms with Gasteiger partial charge in [-0.1, -0.05) is 5.21 Å². The van der Waals surface area contributed by atoms with Crippen LogP contribution in [0.1, 0.15) is 16.1 Å². The number of aromatic nitrogens is 3. The first-order chi connectivity index (χ1) is 8.56. The summed E-state index contributed by atoms with van der Waals surface area (Å²) in [5.41, 5.74) is 7.17. The van der Waals surface area contributed by atoms with Crippen LogP contribution in [-0.2, 0) is 18.4 Å². The van der Waals surface area contributed by atoms with Crippen LogP contribution < -0.4 is 5.73 Å². The van der Waals surface area contributed by atoms with E-state index in [1.165, 1.54) is 0 Å². The van der Waals surface area contributed by atoms with Gasteiger partial charge >= 0.3 is 5.97 Å². The monoisotopic (exact) mass is 310 g/mol. The van der Waals surface area contributed by atoms with Crippen molar-refractivity contribution in [3.05, 3.63) is 40.1 Å². The summed E-state index contributed by atoms with van der Waals surface area (Å²) in [4.78, 5) is 11.7. The summed E-state index contributed by atoms with van der Waals surface area (Å²) in [6.45, 7) is 0.0860.